The van der Waals surface area contributed by atoms with Crippen LogP contribution in [0.5, 0.6) is 0 Å². The second-order valence-electron chi connectivity index (χ2n) is 3.04. The molecule has 0 amide bonds. The number of nitrogen functional groups attached to an aromatic ring is 1. The Labute approximate surface area is 81.7 Å². The fourth-order valence-electron chi connectivity index (χ4n) is 1.16. The maximum atomic E-state index is 10.3. The van der Waals surface area contributed by atoms with Crippen molar-refractivity contribution in [2.45, 2.75) is 18.9 Å². The van der Waals surface area contributed by atoms with E-state index in [-0.39, 0.29) is 12.5 Å². The average molecular weight is 195 g/mol. The lowest BCUT2D eigenvalue weighted by molar-refractivity contribution is -0.137. The predicted molar refractivity (Wildman–Crippen MR) is 52.4 cm³/mol. The monoisotopic (exact) mass is 195 g/mol. The minimum absolute atomic E-state index is 0.0372. The third-order valence-electron chi connectivity index (χ3n) is 1.96. The summed E-state index contributed by atoms with van der Waals surface area (Å²) in [4.78, 5) is 14.2. The quantitative estimate of drug-likeness (QED) is 0.650. The molecular weight excluding hydrogens is 182 g/mol. The number of anilines is 1. The molecular formula is C9H13N3O2. The van der Waals surface area contributed by atoms with E-state index < -0.39 is 5.97 Å². The molecule has 76 valence electrons. The summed E-state index contributed by atoms with van der Waals surface area (Å²) in [5.41, 5.74) is 12.7. The molecule has 1 aromatic rings. The van der Waals surface area contributed by atoms with E-state index in [0.29, 0.717) is 17.7 Å². The summed E-state index contributed by atoms with van der Waals surface area (Å²) in [6.45, 7) is 0. The van der Waals surface area contributed by atoms with Crippen LogP contribution in [0.1, 0.15) is 24.4 Å². The molecule has 1 rings (SSSR count). The first-order valence-electron chi connectivity index (χ1n) is 4.28. The standard InChI is InChI=1S/C9H13N3O2/c10-7(1-2-9(13)14)6-5-12-4-3-8(6)11/h3-5,7H,1-2,10H2,(H2,11,12)(H,13,14)/t7-/m1/s1. The first-order chi connectivity index (χ1) is 6.61. The van der Waals surface area contributed by atoms with E-state index in [1.807, 2.05) is 0 Å². The number of aromatic nitrogens is 1. The number of pyridine rings is 1. The van der Waals surface area contributed by atoms with Crippen LogP contribution in [-0.4, -0.2) is 16.1 Å². The molecule has 14 heavy (non-hydrogen) atoms. The molecule has 0 unspecified atom stereocenters. The van der Waals surface area contributed by atoms with Gasteiger partial charge in [-0.3, -0.25) is 9.78 Å². The van der Waals surface area contributed by atoms with Crippen molar-refractivity contribution < 1.29 is 9.90 Å². The Balaban J connectivity index is 2.65. The molecule has 1 aromatic heterocycles. The normalized spacial score (nSPS) is 12.4. The highest BCUT2D eigenvalue weighted by Gasteiger charge is 2.10. The third-order valence-corrected chi connectivity index (χ3v) is 1.96. The van der Waals surface area contributed by atoms with Crippen molar-refractivity contribution >= 4 is 11.7 Å². The highest BCUT2D eigenvalue weighted by Crippen LogP contribution is 2.20. The Kier molecular flexibility index (Phi) is 3.41. The van der Waals surface area contributed by atoms with Gasteiger partial charge in [0.25, 0.3) is 0 Å². The lowest BCUT2D eigenvalue weighted by atomic mass is 10.0. The molecule has 5 N–H and O–H groups in total. The largest absolute Gasteiger partial charge is 0.481 e. The topological polar surface area (TPSA) is 102 Å². The van der Waals surface area contributed by atoms with Crippen molar-refractivity contribution in [3.05, 3.63) is 24.0 Å². The van der Waals surface area contributed by atoms with E-state index in [1.54, 1.807) is 18.5 Å². The third kappa shape index (κ3) is 2.70. The summed E-state index contributed by atoms with van der Waals surface area (Å²) < 4.78 is 0. The minimum atomic E-state index is -0.858. The van der Waals surface area contributed by atoms with Crippen molar-refractivity contribution in [1.29, 1.82) is 0 Å². The van der Waals surface area contributed by atoms with Crippen molar-refractivity contribution in [2.75, 3.05) is 5.73 Å². The zero-order chi connectivity index (χ0) is 10.6. The van der Waals surface area contributed by atoms with E-state index in [4.69, 9.17) is 16.6 Å². The second kappa shape index (κ2) is 4.57. The molecule has 1 atom stereocenters. The Morgan fingerprint density at radius 1 is 1.64 bits per heavy atom. The summed E-state index contributed by atoms with van der Waals surface area (Å²) in [5.74, 6) is -0.858. The number of carboxylic acid groups (broad SMARTS) is 1. The summed E-state index contributed by atoms with van der Waals surface area (Å²) in [5, 5.41) is 8.48. The first-order valence-corrected chi connectivity index (χ1v) is 4.28. The van der Waals surface area contributed by atoms with E-state index >= 15 is 0 Å². The number of rotatable bonds is 4. The molecule has 0 aliphatic carbocycles. The Hall–Kier alpha value is -1.62. The van der Waals surface area contributed by atoms with E-state index in [9.17, 15) is 4.79 Å². The van der Waals surface area contributed by atoms with Gasteiger partial charge >= 0.3 is 5.97 Å². The number of aliphatic carboxylic acids is 1. The average Bonchev–Trinajstić information content (AvgIpc) is 2.15. The zero-order valence-electron chi connectivity index (χ0n) is 7.68. The molecule has 0 saturated carbocycles. The van der Waals surface area contributed by atoms with Gasteiger partial charge in [0.05, 0.1) is 0 Å². The number of hydrogen-bond acceptors (Lipinski definition) is 4. The molecule has 0 aliphatic heterocycles. The number of nitrogens with two attached hydrogens (primary N) is 2. The predicted octanol–water partition coefficient (Wildman–Crippen LogP) is 0.528. The van der Waals surface area contributed by atoms with Gasteiger partial charge in [-0.05, 0) is 12.5 Å². The fraction of sp³-hybridized carbons (Fsp3) is 0.333. The van der Waals surface area contributed by atoms with Crippen molar-refractivity contribution in [2.24, 2.45) is 5.73 Å². The number of carbonyl (C=O) groups is 1. The smallest absolute Gasteiger partial charge is 0.303 e. The molecule has 5 nitrogen and oxygen atoms in total. The maximum Gasteiger partial charge on any atom is 0.303 e. The number of carboxylic acids is 1. The molecule has 0 saturated heterocycles. The van der Waals surface area contributed by atoms with Crippen molar-refractivity contribution in [1.82, 2.24) is 4.98 Å². The lowest BCUT2D eigenvalue weighted by Gasteiger charge is -2.12. The van der Waals surface area contributed by atoms with Crippen LogP contribution in [-0.2, 0) is 4.79 Å². The maximum absolute atomic E-state index is 10.3. The SMILES string of the molecule is Nc1ccncc1[C@H](N)CCC(=O)O. The number of nitrogens with zero attached hydrogens (tertiary/aromatic N) is 1. The van der Waals surface area contributed by atoms with Gasteiger partial charge in [0.2, 0.25) is 0 Å². The molecule has 1 heterocycles. The van der Waals surface area contributed by atoms with Crippen LogP contribution in [0.25, 0.3) is 0 Å². The van der Waals surface area contributed by atoms with Crippen LogP contribution < -0.4 is 11.5 Å². The van der Waals surface area contributed by atoms with Crippen LogP contribution in [0.3, 0.4) is 0 Å². The molecule has 0 bridgehead atoms. The van der Waals surface area contributed by atoms with Crippen LogP contribution in [0.4, 0.5) is 5.69 Å². The highest BCUT2D eigenvalue weighted by molar-refractivity contribution is 5.66. The molecule has 0 radical (unpaired) electrons. The van der Waals surface area contributed by atoms with Crippen LogP contribution in [0.15, 0.2) is 18.5 Å². The van der Waals surface area contributed by atoms with Gasteiger partial charge in [-0.15, -0.1) is 0 Å². The Morgan fingerprint density at radius 3 is 2.93 bits per heavy atom. The molecule has 0 spiro atoms. The van der Waals surface area contributed by atoms with Gasteiger partial charge in [0.1, 0.15) is 0 Å². The summed E-state index contributed by atoms with van der Waals surface area (Å²) >= 11 is 0. The van der Waals surface area contributed by atoms with Gasteiger partial charge in [0, 0.05) is 36.1 Å². The van der Waals surface area contributed by atoms with Gasteiger partial charge in [-0.2, -0.15) is 0 Å². The zero-order valence-corrected chi connectivity index (χ0v) is 7.68. The summed E-state index contributed by atoms with van der Waals surface area (Å²) in [7, 11) is 0. The van der Waals surface area contributed by atoms with E-state index in [1.165, 1.54) is 0 Å². The van der Waals surface area contributed by atoms with Crippen molar-refractivity contribution in [3.63, 3.8) is 0 Å². The molecule has 0 aromatic carbocycles. The lowest BCUT2D eigenvalue weighted by Crippen LogP contribution is -2.14. The molecule has 5 heteroatoms. The van der Waals surface area contributed by atoms with Crippen molar-refractivity contribution in [3.8, 4) is 0 Å². The molecule has 0 aliphatic rings. The number of hydrogen-bond donors (Lipinski definition) is 3. The van der Waals surface area contributed by atoms with Gasteiger partial charge < -0.3 is 16.6 Å². The van der Waals surface area contributed by atoms with Crippen LogP contribution >= 0.6 is 0 Å². The Bertz CT molecular complexity index is 328. The summed E-state index contributed by atoms with van der Waals surface area (Å²) in [6, 6.07) is 1.29. The summed E-state index contributed by atoms with van der Waals surface area (Å²) in [6.07, 6.45) is 3.55. The van der Waals surface area contributed by atoms with E-state index in [0.717, 1.165) is 0 Å². The van der Waals surface area contributed by atoms with Gasteiger partial charge in [-0.25, -0.2) is 0 Å². The second-order valence-corrected chi connectivity index (χ2v) is 3.04. The minimum Gasteiger partial charge on any atom is -0.481 e. The molecule has 0 fully saturated rings. The van der Waals surface area contributed by atoms with Crippen LogP contribution in [0, 0.1) is 0 Å². The van der Waals surface area contributed by atoms with Crippen LogP contribution in [0.2, 0.25) is 0 Å². The van der Waals surface area contributed by atoms with Gasteiger partial charge in [-0.1, -0.05) is 0 Å². The van der Waals surface area contributed by atoms with E-state index in [2.05, 4.69) is 4.98 Å². The highest BCUT2D eigenvalue weighted by atomic mass is 16.4. The first kappa shape index (κ1) is 10.5. The van der Waals surface area contributed by atoms with Gasteiger partial charge in [0.15, 0.2) is 0 Å². The Morgan fingerprint density at radius 2 is 2.36 bits per heavy atom. The fourth-order valence-corrected chi connectivity index (χ4v) is 1.16.